The van der Waals surface area contributed by atoms with Gasteiger partial charge in [0.05, 0.1) is 6.54 Å². The third kappa shape index (κ3) is 1.30. The highest BCUT2D eigenvalue weighted by atomic mass is 16.2. The van der Waals surface area contributed by atoms with Crippen molar-refractivity contribution in [1.29, 1.82) is 0 Å². The quantitative estimate of drug-likeness (QED) is 0.459. The van der Waals surface area contributed by atoms with Crippen molar-refractivity contribution in [2.75, 3.05) is 6.54 Å². The second-order valence-electron chi connectivity index (χ2n) is 2.53. The summed E-state index contributed by atoms with van der Waals surface area (Å²) in [6, 6.07) is -0.920. The van der Waals surface area contributed by atoms with Crippen LogP contribution in [0.3, 0.4) is 0 Å². The predicted molar refractivity (Wildman–Crippen MR) is 40.4 cm³/mol. The van der Waals surface area contributed by atoms with Crippen LogP contribution in [0.2, 0.25) is 0 Å². The lowest BCUT2D eigenvalue weighted by Gasteiger charge is -2.06. The molecule has 0 aromatic heterocycles. The number of hydrogen-bond donors (Lipinski definition) is 1. The molecule has 12 heavy (non-hydrogen) atoms. The SMILES string of the molecule is CCC1NC(=O)N(CC=O)C1=O. The van der Waals surface area contributed by atoms with Crippen molar-refractivity contribution in [3.05, 3.63) is 0 Å². The summed E-state index contributed by atoms with van der Waals surface area (Å²) in [5.41, 5.74) is 0. The number of nitrogens with zero attached hydrogens (tertiary/aromatic N) is 1. The fourth-order valence-corrected chi connectivity index (χ4v) is 1.10. The Morgan fingerprint density at radius 2 is 2.25 bits per heavy atom. The first-order chi connectivity index (χ1) is 5.70. The topological polar surface area (TPSA) is 66.5 Å². The third-order valence-corrected chi connectivity index (χ3v) is 1.77. The van der Waals surface area contributed by atoms with E-state index < -0.39 is 12.1 Å². The molecule has 0 bridgehead atoms. The summed E-state index contributed by atoms with van der Waals surface area (Å²) >= 11 is 0. The van der Waals surface area contributed by atoms with Crippen LogP contribution in [-0.2, 0) is 9.59 Å². The minimum atomic E-state index is -0.473. The number of nitrogens with one attached hydrogen (secondary N) is 1. The smallest absolute Gasteiger partial charge is 0.325 e. The fourth-order valence-electron chi connectivity index (χ4n) is 1.10. The summed E-state index contributed by atoms with van der Waals surface area (Å²) in [6.07, 6.45) is 1.09. The number of rotatable bonds is 3. The van der Waals surface area contributed by atoms with Gasteiger partial charge in [0.1, 0.15) is 12.3 Å². The molecule has 1 rings (SSSR count). The van der Waals surface area contributed by atoms with E-state index in [0.29, 0.717) is 12.7 Å². The Kier molecular flexibility index (Phi) is 2.42. The van der Waals surface area contributed by atoms with Crippen molar-refractivity contribution in [2.24, 2.45) is 0 Å². The van der Waals surface area contributed by atoms with Crippen LogP contribution in [0.25, 0.3) is 0 Å². The lowest BCUT2D eigenvalue weighted by Crippen LogP contribution is -2.32. The average Bonchev–Trinajstić information content (AvgIpc) is 2.32. The van der Waals surface area contributed by atoms with Crippen LogP contribution in [0.1, 0.15) is 13.3 Å². The molecule has 0 saturated carbocycles. The summed E-state index contributed by atoms with van der Waals surface area (Å²) < 4.78 is 0. The van der Waals surface area contributed by atoms with E-state index in [1.807, 2.05) is 0 Å². The van der Waals surface area contributed by atoms with Gasteiger partial charge in [-0.25, -0.2) is 4.79 Å². The molecule has 1 saturated heterocycles. The van der Waals surface area contributed by atoms with Crippen LogP contribution in [-0.4, -0.2) is 35.7 Å². The van der Waals surface area contributed by atoms with Gasteiger partial charge in [0.2, 0.25) is 0 Å². The van der Waals surface area contributed by atoms with E-state index in [1.165, 1.54) is 0 Å². The molecular weight excluding hydrogens is 160 g/mol. The normalized spacial score (nSPS) is 22.8. The summed E-state index contributed by atoms with van der Waals surface area (Å²) in [5, 5.41) is 2.47. The zero-order valence-electron chi connectivity index (χ0n) is 6.74. The molecule has 1 aliphatic heterocycles. The molecular formula is C7H10N2O3. The van der Waals surface area contributed by atoms with E-state index >= 15 is 0 Å². The molecule has 0 aromatic carbocycles. The Morgan fingerprint density at radius 1 is 1.58 bits per heavy atom. The maximum absolute atomic E-state index is 11.2. The van der Waals surface area contributed by atoms with Crippen molar-refractivity contribution < 1.29 is 14.4 Å². The molecule has 0 aliphatic carbocycles. The van der Waals surface area contributed by atoms with Crippen LogP contribution in [0.4, 0.5) is 4.79 Å². The first-order valence-electron chi connectivity index (χ1n) is 3.76. The number of hydrogen-bond acceptors (Lipinski definition) is 3. The van der Waals surface area contributed by atoms with Gasteiger partial charge in [-0.15, -0.1) is 0 Å². The Morgan fingerprint density at radius 3 is 2.67 bits per heavy atom. The largest absolute Gasteiger partial charge is 0.326 e. The highest BCUT2D eigenvalue weighted by Crippen LogP contribution is 2.07. The summed E-state index contributed by atoms with van der Waals surface area (Å²) in [4.78, 5) is 33.2. The van der Waals surface area contributed by atoms with Crippen LogP contribution in [0, 0.1) is 0 Å². The third-order valence-electron chi connectivity index (χ3n) is 1.77. The van der Waals surface area contributed by atoms with Gasteiger partial charge in [-0.05, 0) is 6.42 Å². The molecule has 5 heteroatoms. The minimum Gasteiger partial charge on any atom is -0.326 e. The van der Waals surface area contributed by atoms with E-state index in [0.717, 1.165) is 4.90 Å². The highest BCUT2D eigenvalue weighted by molar-refractivity contribution is 6.05. The molecule has 1 fully saturated rings. The lowest BCUT2D eigenvalue weighted by atomic mass is 10.2. The second-order valence-corrected chi connectivity index (χ2v) is 2.53. The van der Waals surface area contributed by atoms with E-state index in [4.69, 9.17) is 0 Å². The van der Waals surface area contributed by atoms with Crippen LogP contribution >= 0.6 is 0 Å². The predicted octanol–water partition coefficient (Wildman–Crippen LogP) is -0.484. The zero-order chi connectivity index (χ0) is 9.14. The van der Waals surface area contributed by atoms with Crippen molar-refractivity contribution in [2.45, 2.75) is 19.4 Å². The molecule has 1 atom stereocenters. The summed E-state index contributed by atoms with van der Waals surface area (Å²) in [5.74, 6) is -0.311. The molecule has 0 aromatic rings. The van der Waals surface area contributed by atoms with Gasteiger partial charge < -0.3 is 10.1 Å². The van der Waals surface area contributed by atoms with Gasteiger partial charge in [0.25, 0.3) is 5.91 Å². The Bertz CT molecular complexity index is 227. The molecule has 1 heterocycles. The first-order valence-corrected chi connectivity index (χ1v) is 3.76. The average molecular weight is 170 g/mol. The summed E-state index contributed by atoms with van der Waals surface area (Å²) in [7, 11) is 0. The van der Waals surface area contributed by atoms with Crippen LogP contribution in [0.5, 0.6) is 0 Å². The molecule has 5 nitrogen and oxygen atoms in total. The van der Waals surface area contributed by atoms with Crippen molar-refractivity contribution in [3.8, 4) is 0 Å². The lowest BCUT2D eigenvalue weighted by molar-refractivity contribution is -0.129. The van der Waals surface area contributed by atoms with Crippen molar-refractivity contribution in [3.63, 3.8) is 0 Å². The number of amides is 3. The Balaban J connectivity index is 2.70. The van der Waals surface area contributed by atoms with E-state index in [-0.39, 0.29) is 12.5 Å². The molecule has 66 valence electrons. The van der Waals surface area contributed by atoms with Gasteiger partial charge in [-0.1, -0.05) is 6.92 Å². The highest BCUT2D eigenvalue weighted by Gasteiger charge is 2.36. The Labute approximate surface area is 69.7 Å². The van der Waals surface area contributed by atoms with Crippen molar-refractivity contribution >= 4 is 18.2 Å². The molecule has 1 N–H and O–H groups in total. The van der Waals surface area contributed by atoms with Crippen LogP contribution < -0.4 is 5.32 Å². The zero-order valence-corrected chi connectivity index (χ0v) is 6.74. The van der Waals surface area contributed by atoms with Gasteiger partial charge >= 0.3 is 6.03 Å². The maximum atomic E-state index is 11.2. The monoisotopic (exact) mass is 170 g/mol. The van der Waals surface area contributed by atoms with Gasteiger partial charge in [-0.3, -0.25) is 9.69 Å². The fraction of sp³-hybridized carbons (Fsp3) is 0.571. The van der Waals surface area contributed by atoms with Gasteiger partial charge in [0, 0.05) is 0 Å². The molecule has 1 unspecified atom stereocenters. The maximum Gasteiger partial charge on any atom is 0.325 e. The van der Waals surface area contributed by atoms with E-state index in [1.54, 1.807) is 6.92 Å². The molecule has 0 radical (unpaired) electrons. The Hall–Kier alpha value is -1.39. The molecule has 0 spiro atoms. The minimum absolute atomic E-state index is 0.152. The number of urea groups is 1. The van der Waals surface area contributed by atoms with Gasteiger partial charge in [0.15, 0.2) is 0 Å². The standard InChI is InChI=1S/C7H10N2O3/c1-2-5-6(11)9(3-4-10)7(12)8-5/h4-5H,2-3H2,1H3,(H,8,12). The van der Waals surface area contributed by atoms with E-state index in [9.17, 15) is 14.4 Å². The molecule has 1 aliphatic rings. The number of imide groups is 1. The summed E-state index contributed by atoms with van der Waals surface area (Å²) in [6.45, 7) is 1.65. The van der Waals surface area contributed by atoms with Crippen molar-refractivity contribution in [1.82, 2.24) is 10.2 Å². The van der Waals surface area contributed by atoms with Crippen LogP contribution in [0.15, 0.2) is 0 Å². The number of carbonyl (C=O) groups is 3. The van der Waals surface area contributed by atoms with E-state index in [2.05, 4.69) is 5.32 Å². The number of carbonyl (C=O) groups excluding carboxylic acids is 3. The molecule has 3 amide bonds. The van der Waals surface area contributed by atoms with Gasteiger partial charge in [-0.2, -0.15) is 0 Å². The second kappa shape index (κ2) is 3.34. The first kappa shape index (κ1) is 8.70. The number of aldehydes is 1.